The van der Waals surface area contributed by atoms with E-state index >= 15 is 0 Å². The van der Waals surface area contributed by atoms with Gasteiger partial charge in [0.25, 0.3) is 21.6 Å². The van der Waals surface area contributed by atoms with Crippen LogP contribution in [-0.4, -0.2) is 32.0 Å². The number of ether oxygens (including phenoxy) is 1. The van der Waals surface area contributed by atoms with Crippen LogP contribution in [0.2, 0.25) is 5.02 Å². The number of halogens is 4. The lowest BCUT2D eigenvalue weighted by molar-refractivity contribution is -0.384. The minimum absolute atomic E-state index is 0.206. The fourth-order valence-electron chi connectivity index (χ4n) is 2.96. The maximum Gasteiger partial charge on any atom is 0.418 e. The quantitative estimate of drug-likeness (QED) is 0.459. The highest BCUT2D eigenvalue weighted by Gasteiger charge is 2.36. The third-order valence-corrected chi connectivity index (χ3v) is 6.17. The van der Waals surface area contributed by atoms with Gasteiger partial charge in [0.15, 0.2) is 0 Å². The molecule has 1 amide bonds. The molecule has 9 nitrogen and oxygen atoms in total. The number of alkyl halides is 3. The number of hydrogen-bond donors (Lipinski definition) is 2. The molecule has 32 heavy (non-hydrogen) atoms. The first-order chi connectivity index (χ1) is 14.9. The van der Waals surface area contributed by atoms with Crippen LogP contribution in [0.15, 0.2) is 41.3 Å². The molecular weight excluding hydrogens is 479 g/mol. The number of hydrogen-bond acceptors (Lipinski definition) is 6. The second-order valence-electron chi connectivity index (χ2n) is 6.72. The molecule has 2 N–H and O–H groups in total. The van der Waals surface area contributed by atoms with Crippen LogP contribution < -0.4 is 10.0 Å². The zero-order chi connectivity index (χ0) is 23.7. The van der Waals surface area contributed by atoms with Gasteiger partial charge in [0.1, 0.15) is 11.1 Å². The molecule has 1 unspecified atom stereocenters. The molecule has 0 bridgehead atoms. The maximum absolute atomic E-state index is 13.6. The number of rotatable bonds is 6. The molecule has 2 aromatic rings. The van der Waals surface area contributed by atoms with Crippen molar-refractivity contribution >= 4 is 44.6 Å². The molecule has 1 atom stereocenters. The Morgan fingerprint density at radius 2 is 1.94 bits per heavy atom. The molecular formula is C18H15ClF3N3O6S. The Hall–Kier alpha value is -2.90. The molecule has 14 heteroatoms. The van der Waals surface area contributed by atoms with Crippen molar-refractivity contribution in [3.8, 4) is 0 Å². The Kier molecular flexibility index (Phi) is 6.62. The van der Waals surface area contributed by atoms with Gasteiger partial charge >= 0.3 is 6.18 Å². The molecule has 0 aliphatic carbocycles. The van der Waals surface area contributed by atoms with Crippen LogP contribution in [0.3, 0.4) is 0 Å². The van der Waals surface area contributed by atoms with Gasteiger partial charge in [0.05, 0.1) is 21.1 Å². The van der Waals surface area contributed by atoms with Gasteiger partial charge in [0, 0.05) is 18.4 Å². The smallest absolute Gasteiger partial charge is 0.368 e. The van der Waals surface area contributed by atoms with Crippen molar-refractivity contribution in [1.29, 1.82) is 0 Å². The van der Waals surface area contributed by atoms with E-state index in [0.29, 0.717) is 31.6 Å². The number of nitrogens with one attached hydrogen (secondary N) is 2. The number of sulfonamides is 1. The number of nitro benzene ring substituents is 1. The van der Waals surface area contributed by atoms with Gasteiger partial charge in [-0.25, -0.2) is 8.42 Å². The van der Waals surface area contributed by atoms with Crippen molar-refractivity contribution < 1.29 is 36.0 Å². The predicted octanol–water partition coefficient (Wildman–Crippen LogP) is 4.19. The Morgan fingerprint density at radius 3 is 2.53 bits per heavy atom. The average Bonchev–Trinajstić information content (AvgIpc) is 3.23. The van der Waals surface area contributed by atoms with Crippen LogP contribution in [0.4, 0.5) is 30.2 Å². The largest absolute Gasteiger partial charge is 0.418 e. The summed E-state index contributed by atoms with van der Waals surface area (Å²) in [5.41, 5.74) is -3.12. The lowest BCUT2D eigenvalue weighted by Crippen LogP contribution is -2.27. The second kappa shape index (κ2) is 8.92. The molecule has 1 saturated heterocycles. The van der Waals surface area contributed by atoms with Crippen LogP contribution in [-0.2, 0) is 25.7 Å². The number of carbonyl (C=O) groups excluding carboxylic acids is 1. The van der Waals surface area contributed by atoms with Gasteiger partial charge < -0.3 is 10.1 Å². The first kappa shape index (κ1) is 23.8. The van der Waals surface area contributed by atoms with Crippen molar-refractivity contribution in [3.05, 3.63) is 57.1 Å². The molecule has 0 saturated carbocycles. The van der Waals surface area contributed by atoms with Crippen LogP contribution >= 0.6 is 11.6 Å². The van der Waals surface area contributed by atoms with Crippen LogP contribution in [0.1, 0.15) is 18.4 Å². The van der Waals surface area contributed by atoms with Gasteiger partial charge in [-0.3, -0.25) is 19.6 Å². The highest BCUT2D eigenvalue weighted by atomic mass is 35.5. The van der Waals surface area contributed by atoms with Crippen molar-refractivity contribution in [3.63, 3.8) is 0 Å². The summed E-state index contributed by atoms with van der Waals surface area (Å²) in [6.07, 6.45) is -4.67. The minimum Gasteiger partial charge on any atom is -0.368 e. The molecule has 2 aromatic carbocycles. The van der Waals surface area contributed by atoms with Gasteiger partial charge in [0.2, 0.25) is 0 Å². The van der Waals surface area contributed by atoms with E-state index in [1.807, 2.05) is 0 Å². The lowest BCUT2D eigenvalue weighted by atomic mass is 10.1. The van der Waals surface area contributed by atoms with E-state index in [2.05, 4.69) is 5.32 Å². The fraction of sp³-hybridized carbons (Fsp3) is 0.278. The van der Waals surface area contributed by atoms with Crippen LogP contribution in [0.5, 0.6) is 0 Å². The summed E-state index contributed by atoms with van der Waals surface area (Å²) in [6, 6.07) is 4.99. The fourth-order valence-corrected chi connectivity index (χ4v) is 4.24. The van der Waals surface area contributed by atoms with E-state index < -0.39 is 55.0 Å². The highest BCUT2D eigenvalue weighted by molar-refractivity contribution is 7.92. The van der Waals surface area contributed by atoms with Gasteiger partial charge in [-0.15, -0.1) is 0 Å². The van der Waals surface area contributed by atoms with Crippen LogP contribution in [0, 0.1) is 10.1 Å². The first-order valence-corrected chi connectivity index (χ1v) is 10.8. The third-order valence-electron chi connectivity index (χ3n) is 4.48. The normalized spacial score (nSPS) is 16.6. The summed E-state index contributed by atoms with van der Waals surface area (Å²) in [6.45, 7) is 0.371. The average molecular weight is 494 g/mol. The summed E-state index contributed by atoms with van der Waals surface area (Å²) in [5, 5.41) is 13.0. The maximum atomic E-state index is 13.6. The van der Waals surface area contributed by atoms with Crippen molar-refractivity contribution in [2.45, 2.75) is 30.0 Å². The lowest BCUT2D eigenvalue weighted by Gasteiger charge is -2.17. The summed E-state index contributed by atoms with van der Waals surface area (Å²) < 4.78 is 72.9. The molecule has 3 rings (SSSR count). The Bertz CT molecular complexity index is 1170. The van der Waals surface area contributed by atoms with Crippen molar-refractivity contribution in [2.24, 2.45) is 0 Å². The molecule has 0 spiro atoms. The SMILES string of the molecule is O=C(Nc1ccc(NS(=O)(=O)c2ccc(Cl)c([N+](=O)[O-])c2)c(C(F)(F)F)c1)C1CCCO1. The van der Waals surface area contributed by atoms with Crippen molar-refractivity contribution in [2.75, 3.05) is 16.6 Å². The number of anilines is 2. The summed E-state index contributed by atoms with van der Waals surface area (Å²) >= 11 is 5.64. The van der Waals surface area contributed by atoms with E-state index in [1.54, 1.807) is 4.72 Å². The highest BCUT2D eigenvalue weighted by Crippen LogP contribution is 2.38. The molecule has 172 valence electrons. The molecule has 1 fully saturated rings. The zero-order valence-corrected chi connectivity index (χ0v) is 17.6. The van der Waals surface area contributed by atoms with E-state index in [9.17, 15) is 36.5 Å². The van der Waals surface area contributed by atoms with E-state index in [-0.39, 0.29) is 10.7 Å². The zero-order valence-electron chi connectivity index (χ0n) is 16.0. The Labute approximate surface area is 184 Å². The number of nitro groups is 1. The number of amides is 1. The first-order valence-electron chi connectivity index (χ1n) is 8.99. The summed E-state index contributed by atoms with van der Waals surface area (Å²) in [7, 11) is -4.64. The third kappa shape index (κ3) is 5.29. The standard InChI is InChI=1S/C18H15ClF3N3O6S/c19-13-5-4-11(9-15(13)25(27)28)32(29,30)24-14-6-3-10(8-12(14)18(20,21)22)23-17(26)16-2-1-7-31-16/h3-6,8-9,16,24H,1-2,7H2,(H,23,26). The van der Waals surface area contributed by atoms with Gasteiger partial charge in [-0.2, -0.15) is 13.2 Å². The second-order valence-corrected chi connectivity index (χ2v) is 8.81. The molecule has 1 aliphatic heterocycles. The number of nitrogens with zero attached hydrogens (tertiary/aromatic N) is 1. The Balaban J connectivity index is 1.92. The van der Waals surface area contributed by atoms with Crippen LogP contribution in [0.25, 0.3) is 0 Å². The topological polar surface area (TPSA) is 128 Å². The van der Waals surface area contributed by atoms with Gasteiger partial charge in [-0.1, -0.05) is 11.6 Å². The van der Waals surface area contributed by atoms with Gasteiger partial charge in [-0.05, 0) is 43.2 Å². The molecule has 1 heterocycles. The molecule has 0 radical (unpaired) electrons. The predicted molar refractivity (Wildman–Crippen MR) is 108 cm³/mol. The van der Waals surface area contributed by atoms with E-state index in [1.165, 1.54) is 0 Å². The minimum atomic E-state index is -4.98. The van der Waals surface area contributed by atoms with E-state index in [0.717, 1.165) is 24.3 Å². The molecule has 1 aliphatic rings. The Morgan fingerprint density at radius 1 is 1.22 bits per heavy atom. The number of benzene rings is 2. The molecule has 0 aromatic heterocycles. The monoisotopic (exact) mass is 493 g/mol. The van der Waals surface area contributed by atoms with Crippen molar-refractivity contribution in [1.82, 2.24) is 0 Å². The summed E-state index contributed by atoms with van der Waals surface area (Å²) in [4.78, 5) is 21.5. The summed E-state index contributed by atoms with van der Waals surface area (Å²) in [5.74, 6) is -0.613. The number of carbonyl (C=O) groups is 1. The van der Waals surface area contributed by atoms with E-state index in [4.69, 9.17) is 16.3 Å².